The van der Waals surface area contributed by atoms with E-state index in [1.54, 1.807) is 18.2 Å². The Labute approximate surface area is 104 Å². The molecule has 2 aromatic heterocycles. The van der Waals surface area contributed by atoms with E-state index in [4.69, 9.17) is 8.94 Å². The average molecular weight is 249 g/mol. The van der Waals surface area contributed by atoms with Gasteiger partial charge in [-0.05, 0) is 32.1 Å². The van der Waals surface area contributed by atoms with Gasteiger partial charge in [-0.2, -0.15) is 0 Å². The van der Waals surface area contributed by atoms with Gasteiger partial charge in [0.05, 0.1) is 6.26 Å². The van der Waals surface area contributed by atoms with Crippen molar-refractivity contribution in [1.82, 2.24) is 15.8 Å². The Balaban J connectivity index is 1.91. The average Bonchev–Trinajstić information content (AvgIpc) is 3.03. The molecule has 2 aromatic rings. The Kier molecular flexibility index (Phi) is 4.14. The summed E-state index contributed by atoms with van der Waals surface area (Å²) in [6.45, 7) is 1.46. The molecule has 0 radical (unpaired) electrons. The highest BCUT2D eigenvalue weighted by Crippen LogP contribution is 2.20. The van der Waals surface area contributed by atoms with E-state index in [1.807, 2.05) is 7.05 Å². The van der Waals surface area contributed by atoms with E-state index in [2.05, 4.69) is 15.8 Å². The van der Waals surface area contributed by atoms with E-state index < -0.39 is 0 Å². The summed E-state index contributed by atoms with van der Waals surface area (Å²) in [6.07, 6.45) is 2.40. The zero-order valence-electron chi connectivity index (χ0n) is 10.1. The number of aromatic nitrogens is 1. The van der Waals surface area contributed by atoms with Gasteiger partial charge in [-0.3, -0.25) is 4.79 Å². The van der Waals surface area contributed by atoms with Crippen LogP contribution in [0.15, 0.2) is 33.4 Å². The SMILES string of the molecule is CNCCCNC(=O)c1cc(-c2ccco2)on1. The van der Waals surface area contributed by atoms with Crippen LogP contribution < -0.4 is 10.6 Å². The molecule has 96 valence electrons. The second kappa shape index (κ2) is 6.02. The van der Waals surface area contributed by atoms with Gasteiger partial charge in [0.2, 0.25) is 5.76 Å². The maximum absolute atomic E-state index is 11.7. The summed E-state index contributed by atoms with van der Waals surface area (Å²) in [5.74, 6) is 0.754. The molecule has 2 heterocycles. The first-order chi connectivity index (χ1) is 8.81. The van der Waals surface area contributed by atoms with E-state index >= 15 is 0 Å². The van der Waals surface area contributed by atoms with Gasteiger partial charge in [-0.1, -0.05) is 5.16 Å². The van der Waals surface area contributed by atoms with Crippen molar-refractivity contribution in [3.63, 3.8) is 0 Å². The highest BCUT2D eigenvalue weighted by Gasteiger charge is 2.14. The van der Waals surface area contributed by atoms with Crippen molar-refractivity contribution in [3.8, 4) is 11.5 Å². The first-order valence-electron chi connectivity index (χ1n) is 5.74. The minimum atomic E-state index is -0.243. The number of carbonyl (C=O) groups is 1. The van der Waals surface area contributed by atoms with Crippen LogP contribution in [0.5, 0.6) is 0 Å². The molecule has 0 saturated heterocycles. The fourth-order valence-corrected chi connectivity index (χ4v) is 1.47. The molecule has 0 fully saturated rings. The quantitative estimate of drug-likeness (QED) is 0.754. The van der Waals surface area contributed by atoms with Crippen LogP contribution in [0.3, 0.4) is 0 Å². The molecule has 2 rings (SSSR count). The van der Waals surface area contributed by atoms with Gasteiger partial charge in [0.15, 0.2) is 11.5 Å². The van der Waals surface area contributed by atoms with Crippen LogP contribution in [-0.2, 0) is 0 Å². The third-order valence-electron chi connectivity index (χ3n) is 2.40. The van der Waals surface area contributed by atoms with Crippen molar-refractivity contribution in [2.24, 2.45) is 0 Å². The fourth-order valence-electron chi connectivity index (χ4n) is 1.47. The van der Waals surface area contributed by atoms with Crippen molar-refractivity contribution in [3.05, 3.63) is 30.2 Å². The number of amides is 1. The Morgan fingerprint density at radius 3 is 3.00 bits per heavy atom. The largest absolute Gasteiger partial charge is 0.461 e. The highest BCUT2D eigenvalue weighted by molar-refractivity contribution is 5.92. The van der Waals surface area contributed by atoms with E-state index in [0.29, 0.717) is 18.1 Å². The predicted octanol–water partition coefficient (Wildman–Crippen LogP) is 1.27. The first kappa shape index (κ1) is 12.4. The number of carbonyl (C=O) groups excluding carboxylic acids is 1. The number of hydrogen-bond donors (Lipinski definition) is 2. The third kappa shape index (κ3) is 2.98. The number of rotatable bonds is 6. The summed E-state index contributed by atoms with van der Waals surface area (Å²) >= 11 is 0. The van der Waals surface area contributed by atoms with Gasteiger partial charge in [0, 0.05) is 12.6 Å². The minimum absolute atomic E-state index is 0.243. The number of furan rings is 1. The molecular formula is C12H15N3O3. The number of nitrogens with zero attached hydrogens (tertiary/aromatic N) is 1. The van der Waals surface area contributed by atoms with Gasteiger partial charge < -0.3 is 19.6 Å². The Bertz CT molecular complexity index is 490. The number of nitrogens with one attached hydrogen (secondary N) is 2. The van der Waals surface area contributed by atoms with Gasteiger partial charge in [-0.25, -0.2) is 0 Å². The lowest BCUT2D eigenvalue weighted by Crippen LogP contribution is -2.26. The standard InChI is InChI=1S/C12H15N3O3/c1-13-5-3-6-14-12(16)9-8-11(18-15-9)10-4-2-7-17-10/h2,4,7-8,13H,3,5-6H2,1H3,(H,14,16). The molecule has 1 amide bonds. The molecule has 0 atom stereocenters. The van der Waals surface area contributed by atoms with Crippen LogP contribution in [0.1, 0.15) is 16.9 Å². The zero-order valence-corrected chi connectivity index (χ0v) is 10.1. The van der Waals surface area contributed by atoms with Crippen molar-refractivity contribution >= 4 is 5.91 Å². The summed E-state index contributed by atoms with van der Waals surface area (Å²) in [5.41, 5.74) is 0.255. The molecule has 0 unspecified atom stereocenters. The molecule has 0 aliphatic heterocycles. The zero-order chi connectivity index (χ0) is 12.8. The van der Waals surface area contributed by atoms with Crippen LogP contribution >= 0.6 is 0 Å². The lowest BCUT2D eigenvalue weighted by atomic mass is 10.3. The Morgan fingerprint density at radius 1 is 1.39 bits per heavy atom. The monoisotopic (exact) mass is 249 g/mol. The van der Waals surface area contributed by atoms with E-state index in [0.717, 1.165) is 13.0 Å². The molecule has 0 spiro atoms. The van der Waals surface area contributed by atoms with Crippen molar-refractivity contribution < 1.29 is 13.7 Å². The summed E-state index contributed by atoms with van der Waals surface area (Å²) in [7, 11) is 1.87. The fraction of sp³-hybridized carbons (Fsp3) is 0.333. The Hall–Kier alpha value is -2.08. The smallest absolute Gasteiger partial charge is 0.273 e. The third-order valence-corrected chi connectivity index (χ3v) is 2.40. The molecule has 0 aliphatic rings. The second-order valence-electron chi connectivity index (χ2n) is 3.77. The lowest BCUT2D eigenvalue weighted by Gasteiger charge is -2.01. The molecule has 0 aromatic carbocycles. The maximum Gasteiger partial charge on any atom is 0.273 e. The van der Waals surface area contributed by atoms with E-state index in [9.17, 15) is 4.79 Å². The molecule has 2 N–H and O–H groups in total. The minimum Gasteiger partial charge on any atom is -0.461 e. The molecule has 18 heavy (non-hydrogen) atoms. The molecular weight excluding hydrogens is 234 g/mol. The van der Waals surface area contributed by atoms with Crippen LogP contribution in [0, 0.1) is 0 Å². The van der Waals surface area contributed by atoms with Gasteiger partial charge in [0.1, 0.15) is 0 Å². The molecule has 0 saturated carbocycles. The first-order valence-corrected chi connectivity index (χ1v) is 5.74. The van der Waals surface area contributed by atoms with Crippen LogP contribution in [0.4, 0.5) is 0 Å². The lowest BCUT2D eigenvalue weighted by molar-refractivity contribution is 0.0944. The summed E-state index contributed by atoms with van der Waals surface area (Å²) in [5, 5.41) is 9.47. The van der Waals surface area contributed by atoms with Gasteiger partial charge in [0.25, 0.3) is 5.91 Å². The topological polar surface area (TPSA) is 80.3 Å². The van der Waals surface area contributed by atoms with Crippen LogP contribution in [0.2, 0.25) is 0 Å². The van der Waals surface area contributed by atoms with Crippen molar-refractivity contribution in [2.75, 3.05) is 20.1 Å². The predicted molar refractivity (Wildman–Crippen MR) is 65.1 cm³/mol. The van der Waals surface area contributed by atoms with Crippen LogP contribution in [0.25, 0.3) is 11.5 Å². The maximum atomic E-state index is 11.7. The van der Waals surface area contributed by atoms with Crippen molar-refractivity contribution in [1.29, 1.82) is 0 Å². The van der Waals surface area contributed by atoms with Gasteiger partial charge in [-0.15, -0.1) is 0 Å². The van der Waals surface area contributed by atoms with Crippen LogP contribution in [-0.4, -0.2) is 31.2 Å². The number of hydrogen-bond acceptors (Lipinski definition) is 5. The molecule has 6 nitrogen and oxygen atoms in total. The normalized spacial score (nSPS) is 10.5. The summed E-state index contributed by atoms with van der Waals surface area (Å²) in [4.78, 5) is 11.7. The summed E-state index contributed by atoms with van der Waals surface area (Å²) in [6, 6.07) is 5.05. The highest BCUT2D eigenvalue weighted by atomic mass is 16.5. The van der Waals surface area contributed by atoms with E-state index in [1.165, 1.54) is 6.26 Å². The second-order valence-corrected chi connectivity index (χ2v) is 3.77. The van der Waals surface area contributed by atoms with E-state index in [-0.39, 0.29) is 11.6 Å². The van der Waals surface area contributed by atoms with Gasteiger partial charge >= 0.3 is 0 Å². The molecule has 0 aliphatic carbocycles. The molecule has 0 bridgehead atoms. The molecule has 6 heteroatoms. The summed E-state index contributed by atoms with van der Waals surface area (Å²) < 4.78 is 10.2. The van der Waals surface area contributed by atoms with Crippen molar-refractivity contribution in [2.45, 2.75) is 6.42 Å². The Morgan fingerprint density at radius 2 is 2.28 bits per heavy atom.